The van der Waals surface area contributed by atoms with Gasteiger partial charge in [0.05, 0.1) is 0 Å². The number of ether oxygens (including phenoxy) is 1. The molecule has 1 heterocycles. The maximum Gasteiger partial charge on any atom is 0.319 e. The Hall–Kier alpha value is -0.300. The Bertz CT molecular complexity index is 339. The maximum atomic E-state index is 12.2. The zero-order valence-corrected chi connectivity index (χ0v) is 15.3. The van der Waals surface area contributed by atoms with Crippen LogP contribution in [0, 0.1) is 5.92 Å². The summed E-state index contributed by atoms with van der Waals surface area (Å²) in [6, 6.07) is -0.000560. The Balaban J connectivity index is 2.38. The quantitative estimate of drug-likeness (QED) is 0.687. The highest BCUT2D eigenvalue weighted by atomic mass is 32.2. The van der Waals surface area contributed by atoms with Gasteiger partial charge in [0.25, 0.3) is 0 Å². The summed E-state index contributed by atoms with van der Waals surface area (Å²) in [6.45, 7) is 9.43. The number of likely N-dealkylation sites (tertiary alicyclic amines) is 1. The molecule has 0 aromatic heterocycles. The average molecular weight is 332 g/mol. The van der Waals surface area contributed by atoms with E-state index in [0.717, 1.165) is 39.0 Å². The molecule has 1 aliphatic rings. The highest BCUT2D eigenvalue weighted by molar-refractivity contribution is 7.99. The van der Waals surface area contributed by atoms with Crippen LogP contribution in [-0.2, 0) is 9.53 Å². The number of rotatable bonds is 7. The SMILES string of the molecule is CSC(CC(N)CN1CCC(CN)CC1)C(=O)OC(C)(C)C. The molecular formula is C16H33N3O2S. The van der Waals surface area contributed by atoms with Gasteiger partial charge in [0.1, 0.15) is 10.9 Å². The van der Waals surface area contributed by atoms with Crippen molar-refractivity contribution >= 4 is 17.7 Å². The van der Waals surface area contributed by atoms with Gasteiger partial charge in [-0.25, -0.2) is 0 Å². The zero-order valence-electron chi connectivity index (χ0n) is 14.5. The van der Waals surface area contributed by atoms with E-state index in [1.54, 1.807) is 0 Å². The molecule has 0 aromatic rings. The minimum absolute atomic E-state index is 0.000560. The molecule has 1 saturated heterocycles. The smallest absolute Gasteiger partial charge is 0.319 e. The molecule has 2 unspecified atom stereocenters. The van der Waals surface area contributed by atoms with Crippen molar-refractivity contribution in [3.05, 3.63) is 0 Å². The van der Waals surface area contributed by atoms with Gasteiger partial charge < -0.3 is 21.1 Å². The molecule has 4 N–H and O–H groups in total. The lowest BCUT2D eigenvalue weighted by molar-refractivity contribution is -0.154. The molecular weight excluding hydrogens is 298 g/mol. The van der Waals surface area contributed by atoms with Crippen LogP contribution in [-0.4, -0.2) is 60.2 Å². The molecule has 6 heteroatoms. The van der Waals surface area contributed by atoms with Crippen molar-refractivity contribution in [2.75, 3.05) is 32.4 Å². The van der Waals surface area contributed by atoms with Crippen molar-refractivity contribution in [2.45, 2.75) is 56.9 Å². The molecule has 1 aliphatic heterocycles. The fourth-order valence-corrected chi connectivity index (χ4v) is 3.42. The van der Waals surface area contributed by atoms with E-state index in [2.05, 4.69) is 4.90 Å². The number of thioether (sulfide) groups is 1. The third-order valence-electron chi connectivity index (χ3n) is 4.00. The summed E-state index contributed by atoms with van der Waals surface area (Å²) >= 11 is 1.52. The van der Waals surface area contributed by atoms with Crippen LogP contribution < -0.4 is 11.5 Å². The molecule has 130 valence electrons. The molecule has 0 amide bonds. The molecule has 1 fully saturated rings. The van der Waals surface area contributed by atoms with Gasteiger partial charge in [-0.05, 0) is 71.8 Å². The number of piperidine rings is 1. The number of nitrogens with two attached hydrogens (primary N) is 2. The first kappa shape index (κ1) is 19.7. The fourth-order valence-electron chi connectivity index (χ4n) is 2.74. The molecule has 0 saturated carbocycles. The monoisotopic (exact) mass is 331 g/mol. The minimum Gasteiger partial charge on any atom is -0.459 e. The molecule has 0 radical (unpaired) electrons. The Labute approximate surface area is 139 Å². The maximum absolute atomic E-state index is 12.2. The average Bonchev–Trinajstić information content (AvgIpc) is 2.43. The Kier molecular flexibility index (Phi) is 8.17. The van der Waals surface area contributed by atoms with Crippen LogP contribution in [0.4, 0.5) is 0 Å². The molecule has 0 aliphatic carbocycles. The Morgan fingerprint density at radius 1 is 1.36 bits per heavy atom. The summed E-state index contributed by atoms with van der Waals surface area (Å²) < 4.78 is 5.47. The van der Waals surface area contributed by atoms with E-state index in [0.29, 0.717) is 12.3 Å². The van der Waals surface area contributed by atoms with Crippen LogP contribution in [0.5, 0.6) is 0 Å². The van der Waals surface area contributed by atoms with Gasteiger partial charge in [-0.15, -0.1) is 0 Å². The molecule has 0 spiro atoms. The summed E-state index contributed by atoms with van der Waals surface area (Å²) in [5.74, 6) is 0.505. The van der Waals surface area contributed by atoms with Gasteiger partial charge in [-0.1, -0.05) is 0 Å². The van der Waals surface area contributed by atoms with Crippen LogP contribution >= 0.6 is 11.8 Å². The molecule has 1 rings (SSSR count). The van der Waals surface area contributed by atoms with Crippen molar-refractivity contribution < 1.29 is 9.53 Å². The van der Waals surface area contributed by atoms with Crippen molar-refractivity contribution in [2.24, 2.45) is 17.4 Å². The Morgan fingerprint density at radius 3 is 2.41 bits per heavy atom. The molecule has 0 aromatic carbocycles. The van der Waals surface area contributed by atoms with E-state index in [-0.39, 0.29) is 17.3 Å². The topological polar surface area (TPSA) is 81.6 Å². The van der Waals surface area contributed by atoms with Gasteiger partial charge >= 0.3 is 5.97 Å². The fraction of sp³-hybridized carbons (Fsp3) is 0.938. The van der Waals surface area contributed by atoms with E-state index in [1.165, 1.54) is 11.8 Å². The normalized spacial score (nSPS) is 20.6. The van der Waals surface area contributed by atoms with E-state index >= 15 is 0 Å². The first-order valence-electron chi connectivity index (χ1n) is 8.18. The summed E-state index contributed by atoms with van der Waals surface area (Å²) in [6.07, 6.45) is 4.91. The van der Waals surface area contributed by atoms with Crippen LogP contribution in [0.25, 0.3) is 0 Å². The van der Waals surface area contributed by atoms with Gasteiger partial charge in [0.2, 0.25) is 0 Å². The van der Waals surface area contributed by atoms with Crippen LogP contribution in [0.15, 0.2) is 0 Å². The lowest BCUT2D eigenvalue weighted by atomic mass is 9.96. The predicted octanol–water partition coefficient (Wildman–Crippen LogP) is 1.45. The summed E-state index contributed by atoms with van der Waals surface area (Å²) in [7, 11) is 0. The second-order valence-corrected chi connectivity index (χ2v) is 8.27. The van der Waals surface area contributed by atoms with Crippen molar-refractivity contribution in [1.29, 1.82) is 0 Å². The summed E-state index contributed by atoms with van der Waals surface area (Å²) in [4.78, 5) is 14.6. The minimum atomic E-state index is -0.445. The van der Waals surface area contributed by atoms with Crippen LogP contribution in [0.2, 0.25) is 0 Å². The molecule has 22 heavy (non-hydrogen) atoms. The molecule has 2 atom stereocenters. The van der Waals surface area contributed by atoms with E-state index in [1.807, 2.05) is 27.0 Å². The van der Waals surface area contributed by atoms with Gasteiger partial charge in [0.15, 0.2) is 0 Å². The summed E-state index contributed by atoms with van der Waals surface area (Å²) in [5, 5.41) is -0.184. The largest absolute Gasteiger partial charge is 0.459 e. The first-order valence-corrected chi connectivity index (χ1v) is 9.47. The second kappa shape index (κ2) is 9.11. The van der Waals surface area contributed by atoms with Crippen LogP contribution in [0.3, 0.4) is 0 Å². The highest BCUT2D eigenvalue weighted by Gasteiger charge is 2.27. The van der Waals surface area contributed by atoms with E-state index in [9.17, 15) is 4.79 Å². The number of carbonyl (C=O) groups excluding carboxylic acids is 1. The zero-order chi connectivity index (χ0) is 16.8. The predicted molar refractivity (Wildman–Crippen MR) is 94.0 cm³/mol. The second-order valence-electron chi connectivity index (χ2n) is 7.23. The lowest BCUT2D eigenvalue weighted by Gasteiger charge is -2.33. The van der Waals surface area contributed by atoms with Gasteiger partial charge in [0, 0.05) is 12.6 Å². The molecule has 5 nitrogen and oxygen atoms in total. The number of hydrogen-bond acceptors (Lipinski definition) is 6. The number of esters is 1. The summed E-state index contributed by atoms with van der Waals surface area (Å²) in [5.41, 5.74) is 11.5. The Morgan fingerprint density at radius 2 is 1.95 bits per heavy atom. The van der Waals surface area contributed by atoms with Crippen LogP contribution in [0.1, 0.15) is 40.0 Å². The third-order valence-corrected chi connectivity index (χ3v) is 4.96. The highest BCUT2D eigenvalue weighted by Crippen LogP contribution is 2.20. The number of hydrogen-bond donors (Lipinski definition) is 2. The van der Waals surface area contributed by atoms with Crippen molar-refractivity contribution in [1.82, 2.24) is 4.90 Å². The van der Waals surface area contributed by atoms with Gasteiger partial charge in [-0.2, -0.15) is 11.8 Å². The van der Waals surface area contributed by atoms with E-state index in [4.69, 9.17) is 16.2 Å². The first-order chi connectivity index (χ1) is 10.2. The van der Waals surface area contributed by atoms with Crippen molar-refractivity contribution in [3.8, 4) is 0 Å². The lowest BCUT2D eigenvalue weighted by Crippen LogP contribution is -2.45. The number of nitrogens with zero attached hydrogens (tertiary/aromatic N) is 1. The molecule has 0 bridgehead atoms. The van der Waals surface area contributed by atoms with Gasteiger partial charge in [-0.3, -0.25) is 4.79 Å². The van der Waals surface area contributed by atoms with Crippen molar-refractivity contribution in [3.63, 3.8) is 0 Å². The van der Waals surface area contributed by atoms with E-state index < -0.39 is 5.60 Å². The number of carbonyl (C=O) groups is 1. The third kappa shape index (κ3) is 7.31. The standard InChI is InChI=1S/C16H33N3O2S/c1-16(2,3)21-15(20)14(22-4)9-13(18)11-19-7-5-12(10-17)6-8-19/h12-14H,5-11,17-18H2,1-4H3.